The highest BCUT2D eigenvalue weighted by molar-refractivity contribution is 5.36. The topological polar surface area (TPSA) is 32.7 Å². The highest BCUT2D eigenvalue weighted by Gasteiger charge is 2.66. The van der Waals surface area contributed by atoms with Crippen molar-refractivity contribution in [2.24, 2.45) is 29.1 Å². The van der Waals surface area contributed by atoms with Crippen LogP contribution in [0.3, 0.4) is 0 Å². The summed E-state index contributed by atoms with van der Waals surface area (Å²) >= 11 is 0. The first kappa shape index (κ1) is 21.4. The van der Waals surface area contributed by atoms with Gasteiger partial charge in [-0.2, -0.15) is 0 Å². The maximum atomic E-state index is 12.3. The number of rotatable bonds is 7. The summed E-state index contributed by atoms with van der Waals surface area (Å²) < 4.78 is 5.49. The van der Waals surface area contributed by atoms with E-state index in [0.29, 0.717) is 11.8 Å². The molecule has 0 aromatic heterocycles. The fourth-order valence-corrected chi connectivity index (χ4v) is 6.49. The lowest BCUT2D eigenvalue weighted by Gasteiger charge is -2.68. The Hall–Kier alpha value is -1.84. The molecular weight excluding hydrogens is 370 g/mol. The molecule has 0 spiro atoms. The molecule has 0 aliphatic heterocycles. The Labute approximate surface area is 182 Å². The number of hydrogen-bond acceptors (Lipinski definition) is 3. The molecule has 162 valence electrons. The summed E-state index contributed by atoms with van der Waals surface area (Å²) in [6.45, 7) is 8.98. The van der Waals surface area contributed by atoms with Gasteiger partial charge in [0.1, 0.15) is 5.75 Å². The summed E-state index contributed by atoms with van der Waals surface area (Å²) in [4.78, 5) is 2.42. The number of fused-ring (bicyclic) bond motifs is 2. The van der Waals surface area contributed by atoms with Crippen LogP contribution < -0.4 is 4.74 Å². The second-order valence-electron chi connectivity index (χ2n) is 10.2. The number of methoxy groups -OCH3 is 1. The van der Waals surface area contributed by atoms with Crippen LogP contribution in [0.25, 0.3) is 0 Å². The van der Waals surface area contributed by atoms with Gasteiger partial charge in [0.05, 0.1) is 12.7 Å². The van der Waals surface area contributed by atoms with E-state index >= 15 is 0 Å². The lowest BCUT2D eigenvalue weighted by Crippen LogP contribution is -2.67. The van der Waals surface area contributed by atoms with Gasteiger partial charge in [0.25, 0.3) is 0 Å². The van der Waals surface area contributed by atoms with E-state index in [9.17, 15) is 5.11 Å². The molecule has 2 bridgehead atoms. The van der Waals surface area contributed by atoms with E-state index in [4.69, 9.17) is 4.74 Å². The molecule has 5 rings (SSSR count). The van der Waals surface area contributed by atoms with E-state index in [1.807, 2.05) is 18.2 Å². The molecule has 3 aliphatic rings. The van der Waals surface area contributed by atoms with Crippen molar-refractivity contribution >= 4 is 0 Å². The van der Waals surface area contributed by atoms with Crippen molar-refractivity contribution in [3.63, 3.8) is 0 Å². The molecule has 3 fully saturated rings. The van der Waals surface area contributed by atoms with Crippen LogP contribution in [0.15, 0.2) is 54.6 Å². The molecule has 0 saturated heterocycles. The molecule has 0 heterocycles. The highest BCUT2D eigenvalue weighted by Crippen LogP contribution is 2.68. The Kier molecular flexibility index (Phi) is 5.71. The minimum atomic E-state index is -0.821. The number of benzene rings is 2. The zero-order chi connectivity index (χ0) is 21.5. The molecule has 5 atom stereocenters. The van der Waals surface area contributed by atoms with Crippen LogP contribution in [0.1, 0.15) is 38.3 Å². The Morgan fingerprint density at radius 2 is 1.80 bits per heavy atom. The zero-order valence-electron chi connectivity index (χ0n) is 19.1. The molecule has 3 aliphatic carbocycles. The van der Waals surface area contributed by atoms with Crippen molar-refractivity contribution in [1.82, 2.24) is 4.90 Å². The fraction of sp³-hybridized carbons (Fsp3) is 0.556. The summed E-state index contributed by atoms with van der Waals surface area (Å²) in [6, 6.07) is 18.8. The SMILES string of the molecule is COc1cccc(C2(O)C(C)C3CC(C2CN(C)CCc2ccccc2)C3(C)C)c1. The van der Waals surface area contributed by atoms with Crippen molar-refractivity contribution in [3.8, 4) is 5.75 Å². The van der Waals surface area contributed by atoms with Crippen LogP contribution in [0.4, 0.5) is 0 Å². The van der Waals surface area contributed by atoms with Crippen LogP contribution in [-0.4, -0.2) is 37.3 Å². The van der Waals surface area contributed by atoms with E-state index in [0.717, 1.165) is 30.8 Å². The van der Waals surface area contributed by atoms with Gasteiger partial charge in [0.15, 0.2) is 0 Å². The smallest absolute Gasteiger partial charge is 0.119 e. The third-order valence-corrected chi connectivity index (χ3v) is 8.43. The largest absolute Gasteiger partial charge is 0.497 e. The summed E-state index contributed by atoms with van der Waals surface area (Å²) in [5.74, 6) is 2.35. The molecule has 3 saturated carbocycles. The standard InChI is InChI=1S/C27H37NO2/c1-19-23-17-24(26(23,2)3)25(18-28(4)15-14-20-10-7-6-8-11-20)27(19,29)21-12-9-13-22(16-21)30-5/h6-13,16,19,23-25,29H,14-15,17-18H2,1-5H3. The van der Waals surface area contributed by atoms with Crippen molar-refractivity contribution < 1.29 is 9.84 Å². The molecule has 0 amide bonds. The lowest BCUT2D eigenvalue weighted by molar-refractivity contribution is -0.257. The highest BCUT2D eigenvalue weighted by atomic mass is 16.5. The van der Waals surface area contributed by atoms with E-state index in [1.54, 1.807) is 7.11 Å². The van der Waals surface area contributed by atoms with E-state index in [2.05, 4.69) is 69.1 Å². The summed E-state index contributed by atoms with van der Waals surface area (Å²) in [6.07, 6.45) is 2.27. The zero-order valence-corrected chi connectivity index (χ0v) is 19.1. The molecule has 2 aromatic rings. The maximum absolute atomic E-state index is 12.3. The Bertz CT molecular complexity index is 864. The number of hydrogen-bond donors (Lipinski definition) is 1. The lowest BCUT2D eigenvalue weighted by atomic mass is 9.38. The van der Waals surface area contributed by atoms with Gasteiger partial charge in [-0.3, -0.25) is 0 Å². The number of likely N-dealkylation sites (N-methyl/N-ethyl adjacent to an activating group) is 1. The van der Waals surface area contributed by atoms with Crippen LogP contribution in [-0.2, 0) is 12.0 Å². The molecule has 2 aromatic carbocycles. The van der Waals surface area contributed by atoms with Gasteiger partial charge in [0.2, 0.25) is 0 Å². The van der Waals surface area contributed by atoms with Crippen molar-refractivity contribution in [3.05, 3.63) is 65.7 Å². The molecular formula is C27H37NO2. The average Bonchev–Trinajstić information content (AvgIpc) is 2.75. The van der Waals surface area contributed by atoms with Crippen molar-refractivity contribution in [2.75, 3.05) is 27.2 Å². The first-order chi connectivity index (χ1) is 14.3. The predicted octanol–water partition coefficient (Wildman–Crippen LogP) is 4.99. The predicted molar refractivity (Wildman–Crippen MR) is 123 cm³/mol. The molecule has 3 nitrogen and oxygen atoms in total. The first-order valence-electron chi connectivity index (χ1n) is 11.4. The fourth-order valence-electron chi connectivity index (χ4n) is 6.49. The van der Waals surface area contributed by atoms with Gasteiger partial charge in [-0.15, -0.1) is 0 Å². The van der Waals surface area contributed by atoms with Gasteiger partial charge >= 0.3 is 0 Å². The Morgan fingerprint density at radius 1 is 1.07 bits per heavy atom. The average molecular weight is 408 g/mol. The number of aliphatic hydroxyl groups is 1. The normalized spacial score (nSPS) is 32.0. The van der Waals surface area contributed by atoms with Gasteiger partial charge in [-0.25, -0.2) is 0 Å². The van der Waals surface area contributed by atoms with E-state index in [-0.39, 0.29) is 17.3 Å². The molecule has 1 N–H and O–H groups in total. The van der Waals surface area contributed by atoms with Crippen molar-refractivity contribution in [1.29, 1.82) is 0 Å². The first-order valence-corrected chi connectivity index (χ1v) is 11.4. The minimum absolute atomic E-state index is 0.209. The molecule has 5 unspecified atom stereocenters. The molecule has 0 radical (unpaired) electrons. The second kappa shape index (κ2) is 8.01. The van der Waals surface area contributed by atoms with Gasteiger partial charge in [0, 0.05) is 19.0 Å². The number of ether oxygens (including phenoxy) is 1. The third-order valence-electron chi connectivity index (χ3n) is 8.43. The third kappa shape index (κ3) is 3.46. The summed E-state index contributed by atoms with van der Waals surface area (Å²) in [5, 5.41) is 12.3. The van der Waals surface area contributed by atoms with Crippen LogP contribution in [0.2, 0.25) is 0 Å². The van der Waals surface area contributed by atoms with Crippen LogP contribution in [0.5, 0.6) is 5.75 Å². The molecule has 3 heteroatoms. The monoisotopic (exact) mass is 407 g/mol. The van der Waals surface area contributed by atoms with Gasteiger partial charge in [-0.05, 0) is 66.3 Å². The Balaban J connectivity index is 1.59. The van der Waals surface area contributed by atoms with Gasteiger partial charge < -0.3 is 14.7 Å². The van der Waals surface area contributed by atoms with E-state index in [1.165, 1.54) is 12.0 Å². The summed E-state index contributed by atoms with van der Waals surface area (Å²) in [5.41, 5.74) is 1.85. The van der Waals surface area contributed by atoms with Crippen LogP contribution in [0, 0.1) is 29.1 Å². The van der Waals surface area contributed by atoms with Crippen LogP contribution >= 0.6 is 0 Å². The molecule has 30 heavy (non-hydrogen) atoms. The van der Waals surface area contributed by atoms with Crippen molar-refractivity contribution in [2.45, 2.75) is 39.2 Å². The minimum Gasteiger partial charge on any atom is -0.497 e. The quantitative estimate of drug-likeness (QED) is 0.702. The van der Waals surface area contributed by atoms with E-state index < -0.39 is 5.60 Å². The number of nitrogens with zero attached hydrogens (tertiary/aromatic N) is 1. The Morgan fingerprint density at radius 3 is 2.47 bits per heavy atom. The summed E-state index contributed by atoms with van der Waals surface area (Å²) in [7, 11) is 3.90. The second-order valence-corrected chi connectivity index (χ2v) is 10.2. The maximum Gasteiger partial charge on any atom is 0.119 e. The van der Waals surface area contributed by atoms with Gasteiger partial charge in [-0.1, -0.05) is 63.2 Å².